The summed E-state index contributed by atoms with van der Waals surface area (Å²) < 4.78 is 34.9. The highest BCUT2D eigenvalue weighted by Crippen LogP contribution is 2.39. The fourth-order valence-electron chi connectivity index (χ4n) is 3.48. The molecule has 2 heterocycles. The Kier molecular flexibility index (Phi) is 7.45. The SMILES string of the molecule is COc1ccc(NS(=O)(=O)c2ccc(C)cc2)c(Sc2nc(N3CCCCC3)ncc2Br)c1. The van der Waals surface area contributed by atoms with Crippen LogP contribution in [0.25, 0.3) is 0 Å². The maximum Gasteiger partial charge on any atom is 0.261 e. The molecule has 4 rings (SSSR count). The van der Waals surface area contributed by atoms with Gasteiger partial charge in [0.05, 0.1) is 22.2 Å². The molecule has 1 aromatic heterocycles. The summed E-state index contributed by atoms with van der Waals surface area (Å²) in [5.74, 6) is 1.31. The predicted molar refractivity (Wildman–Crippen MR) is 135 cm³/mol. The van der Waals surface area contributed by atoms with Crippen LogP contribution in [-0.4, -0.2) is 38.6 Å². The van der Waals surface area contributed by atoms with Crippen molar-refractivity contribution in [3.63, 3.8) is 0 Å². The summed E-state index contributed by atoms with van der Waals surface area (Å²) in [6.07, 6.45) is 5.23. The van der Waals surface area contributed by atoms with Crippen LogP contribution in [0.3, 0.4) is 0 Å². The molecule has 0 bridgehead atoms. The van der Waals surface area contributed by atoms with Gasteiger partial charge in [-0.1, -0.05) is 29.5 Å². The van der Waals surface area contributed by atoms with E-state index in [1.165, 1.54) is 18.2 Å². The van der Waals surface area contributed by atoms with Crippen molar-refractivity contribution in [3.05, 3.63) is 58.7 Å². The van der Waals surface area contributed by atoms with Crippen molar-refractivity contribution in [2.24, 2.45) is 0 Å². The minimum Gasteiger partial charge on any atom is -0.497 e. The number of piperidine rings is 1. The van der Waals surface area contributed by atoms with E-state index < -0.39 is 10.0 Å². The Bertz CT molecular complexity index is 1230. The lowest BCUT2D eigenvalue weighted by molar-refractivity contribution is 0.414. The van der Waals surface area contributed by atoms with Crippen LogP contribution < -0.4 is 14.4 Å². The van der Waals surface area contributed by atoms with Gasteiger partial charge in [0.25, 0.3) is 10.0 Å². The van der Waals surface area contributed by atoms with E-state index in [0.29, 0.717) is 27.3 Å². The van der Waals surface area contributed by atoms with E-state index >= 15 is 0 Å². The van der Waals surface area contributed by atoms with E-state index in [9.17, 15) is 8.42 Å². The molecule has 33 heavy (non-hydrogen) atoms. The van der Waals surface area contributed by atoms with E-state index in [-0.39, 0.29) is 4.90 Å². The predicted octanol–water partition coefficient (Wildman–Crippen LogP) is 5.50. The molecule has 0 saturated carbocycles. The molecule has 7 nitrogen and oxygen atoms in total. The average Bonchev–Trinajstić information content (AvgIpc) is 2.82. The van der Waals surface area contributed by atoms with Gasteiger partial charge in [0.2, 0.25) is 5.95 Å². The van der Waals surface area contributed by atoms with Gasteiger partial charge in [-0.15, -0.1) is 0 Å². The number of hydrogen-bond acceptors (Lipinski definition) is 7. The summed E-state index contributed by atoms with van der Waals surface area (Å²) >= 11 is 4.90. The fourth-order valence-corrected chi connectivity index (χ4v) is 5.95. The Morgan fingerprint density at radius 2 is 1.82 bits per heavy atom. The van der Waals surface area contributed by atoms with E-state index in [1.807, 2.05) is 6.92 Å². The second-order valence-electron chi connectivity index (χ2n) is 7.75. The third-order valence-electron chi connectivity index (χ3n) is 5.31. The Morgan fingerprint density at radius 3 is 2.52 bits per heavy atom. The largest absolute Gasteiger partial charge is 0.497 e. The minimum absolute atomic E-state index is 0.204. The standard InChI is InChI=1S/C23H25BrN4O3S2/c1-16-6-9-18(10-7-16)33(29,30)27-20-11-8-17(31-2)14-21(20)32-22-19(24)15-25-23(26-22)28-12-4-3-5-13-28/h6-11,14-15,27H,3-5,12-13H2,1-2H3. The highest BCUT2D eigenvalue weighted by molar-refractivity contribution is 9.10. The first kappa shape index (κ1) is 23.8. The summed E-state index contributed by atoms with van der Waals surface area (Å²) in [5, 5.41) is 0.703. The average molecular weight is 550 g/mol. The summed E-state index contributed by atoms with van der Waals surface area (Å²) in [4.78, 5) is 12.3. The molecule has 1 aliphatic rings. The van der Waals surface area contributed by atoms with Gasteiger partial charge in [0.15, 0.2) is 0 Å². The maximum absolute atomic E-state index is 13.0. The molecule has 174 valence electrons. The highest BCUT2D eigenvalue weighted by atomic mass is 79.9. The van der Waals surface area contributed by atoms with Crippen molar-refractivity contribution < 1.29 is 13.2 Å². The van der Waals surface area contributed by atoms with Gasteiger partial charge >= 0.3 is 0 Å². The lowest BCUT2D eigenvalue weighted by Crippen LogP contribution is -2.31. The molecule has 1 fully saturated rings. The first-order valence-corrected chi connectivity index (χ1v) is 13.7. The molecule has 1 N–H and O–H groups in total. The molecule has 3 aromatic rings. The minimum atomic E-state index is -3.76. The van der Waals surface area contributed by atoms with Crippen LogP contribution in [0, 0.1) is 6.92 Å². The van der Waals surface area contributed by atoms with Gasteiger partial charge < -0.3 is 9.64 Å². The third-order valence-corrected chi connectivity index (χ3v) is 8.60. The van der Waals surface area contributed by atoms with Crippen molar-refractivity contribution >= 4 is 49.4 Å². The Balaban J connectivity index is 1.66. The van der Waals surface area contributed by atoms with Crippen LogP contribution in [0.15, 0.2) is 68.0 Å². The van der Waals surface area contributed by atoms with Gasteiger partial charge in [-0.2, -0.15) is 0 Å². The zero-order valence-corrected chi connectivity index (χ0v) is 21.6. The van der Waals surface area contributed by atoms with Crippen LogP contribution in [0.2, 0.25) is 0 Å². The Morgan fingerprint density at radius 1 is 1.09 bits per heavy atom. The number of ether oxygens (including phenoxy) is 1. The summed E-state index contributed by atoms with van der Waals surface area (Å²) in [6.45, 7) is 3.79. The second-order valence-corrected chi connectivity index (χ2v) is 11.3. The Labute approximate surface area is 207 Å². The van der Waals surface area contributed by atoms with E-state index in [2.05, 4.69) is 30.5 Å². The first-order valence-electron chi connectivity index (χ1n) is 10.6. The highest BCUT2D eigenvalue weighted by Gasteiger charge is 2.20. The third kappa shape index (κ3) is 5.80. The van der Waals surface area contributed by atoms with E-state index in [0.717, 1.165) is 36.0 Å². The summed E-state index contributed by atoms with van der Waals surface area (Å²) in [6, 6.07) is 12.0. The molecule has 0 unspecified atom stereocenters. The van der Waals surface area contributed by atoms with Crippen molar-refractivity contribution in [2.75, 3.05) is 29.8 Å². The lowest BCUT2D eigenvalue weighted by Gasteiger charge is -2.26. The van der Waals surface area contributed by atoms with E-state index in [1.54, 1.807) is 55.8 Å². The number of rotatable bonds is 7. The summed E-state index contributed by atoms with van der Waals surface area (Å²) in [5.41, 5.74) is 1.44. The molecular weight excluding hydrogens is 524 g/mol. The zero-order chi connectivity index (χ0) is 23.4. The molecule has 0 spiro atoms. The number of sulfonamides is 1. The molecule has 0 atom stereocenters. The van der Waals surface area contributed by atoms with E-state index in [4.69, 9.17) is 9.72 Å². The van der Waals surface area contributed by atoms with Crippen LogP contribution in [0.5, 0.6) is 5.75 Å². The van der Waals surface area contributed by atoms with Gasteiger partial charge in [0.1, 0.15) is 10.8 Å². The monoisotopic (exact) mass is 548 g/mol. The lowest BCUT2D eigenvalue weighted by atomic mass is 10.1. The number of nitrogens with zero attached hydrogens (tertiary/aromatic N) is 3. The normalized spacial score (nSPS) is 14.2. The number of nitrogens with one attached hydrogen (secondary N) is 1. The molecule has 0 amide bonds. The zero-order valence-electron chi connectivity index (χ0n) is 18.4. The molecule has 2 aromatic carbocycles. The number of anilines is 2. The van der Waals surface area contributed by atoms with Crippen LogP contribution in [0.4, 0.5) is 11.6 Å². The number of halogens is 1. The molecule has 0 aliphatic carbocycles. The molecule has 0 radical (unpaired) electrons. The Hall–Kier alpha value is -2.30. The van der Waals surface area contributed by atoms with Crippen molar-refractivity contribution in [3.8, 4) is 5.75 Å². The number of hydrogen-bond donors (Lipinski definition) is 1. The van der Waals surface area contributed by atoms with Gasteiger partial charge in [-0.05, 0) is 72.4 Å². The number of aromatic nitrogens is 2. The molecule has 1 saturated heterocycles. The van der Waals surface area contributed by atoms with Crippen molar-refractivity contribution in [2.45, 2.75) is 41.0 Å². The van der Waals surface area contributed by atoms with Crippen LogP contribution in [-0.2, 0) is 10.0 Å². The fraction of sp³-hybridized carbons (Fsp3) is 0.304. The number of benzene rings is 2. The van der Waals surface area contributed by atoms with Crippen LogP contribution in [0.1, 0.15) is 24.8 Å². The van der Waals surface area contributed by atoms with Crippen molar-refractivity contribution in [1.29, 1.82) is 0 Å². The second kappa shape index (κ2) is 10.3. The van der Waals surface area contributed by atoms with Crippen molar-refractivity contribution in [1.82, 2.24) is 9.97 Å². The van der Waals surface area contributed by atoms with Gasteiger partial charge in [-0.3, -0.25) is 4.72 Å². The summed E-state index contributed by atoms with van der Waals surface area (Å²) in [7, 11) is -2.18. The number of aryl methyl sites for hydroxylation is 1. The topological polar surface area (TPSA) is 84.4 Å². The smallest absolute Gasteiger partial charge is 0.261 e. The van der Waals surface area contributed by atoms with Gasteiger partial charge in [0, 0.05) is 24.2 Å². The molecule has 1 aliphatic heterocycles. The van der Waals surface area contributed by atoms with Crippen LogP contribution >= 0.6 is 27.7 Å². The molecule has 10 heteroatoms. The quantitative estimate of drug-likeness (QED) is 0.390. The number of methoxy groups -OCH3 is 1. The van der Waals surface area contributed by atoms with Gasteiger partial charge in [-0.25, -0.2) is 18.4 Å². The first-order chi connectivity index (χ1) is 15.9. The maximum atomic E-state index is 13.0. The molecular formula is C23H25BrN4O3S2.